The van der Waals surface area contributed by atoms with Crippen molar-refractivity contribution >= 4 is 5.97 Å². The van der Waals surface area contributed by atoms with Crippen LogP contribution < -0.4 is 0 Å². The molecule has 1 saturated heterocycles. The van der Waals surface area contributed by atoms with Gasteiger partial charge in [-0.05, 0) is 82.1 Å². The number of allylic oxidation sites excluding steroid dienone is 2. The second-order valence-electron chi connectivity index (χ2n) is 12.2. The van der Waals surface area contributed by atoms with E-state index >= 15 is 0 Å². The predicted molar refractivity (Wildman–Crippen MR) is 159 cm³/mol. The molecule has 0 radical (unpaired) electrons. The molecule has 1 heterocycles. The van der Waals surface area contributed by atoms with E-state index in [1.54, 1.807) is 0 Å². The number of esters is 1. The van der Waals surface area contributed by atoms with Crippen LogP contribution in [0.2, 0.25) is 0 Å². The summed E-state index contributed by atoms with van der Waals surface area (Å²) >= 11 is 0. The van der Waals surface area contributed by atoms with Gasteiger partial charge in [0.2, 0.25) is 0 Å². The number of carbonyl (C=O) groups excluding carboxylic acids is 1. The number of hydrogen-bond acceptors (Lipinski definition) is 6. The smallest absolute Gasteiger partial charge is 0.306 e. The van der Waals surface area contributed by atoms with E-state index in [1.807, 2.05) is 37.3 Å². The Hall–Kier alpha value is -1.87. The molecule has 1 aliphatic heterocycles. The second kappa shape index (κ2) is 18.1. The van der Waals surface area contributed by atoms with Gasteiger partial charge >= 0.3 is 5.97 Å². The zero-order valence-electron chi connectivity index (χ0n) is 25.4. The maximum atomic E-state index is 14.5. The molecule has 0 aromatic heterocycles. The molecular weight excluding hydrogens is 542 g/mol. The van der Waals surface area contributed by atoms with E-state index in [0.29, 0.717) is 51.7 Å². The quantitative estimate of drug-likeness (QED) is 0.0973. The Kier molecular flexibility index (Phi) is 14.9. The van der Waals surface area contributed by atoms with Gasteiger partial charge in [-0.1, -0.05) is 62.2 Å². The van der Waals surface area contributed by atoms with E-state index in [-0.39, 0.29) is 31.1 Å². The van der Waals surface area contributed by atoms with Crippen LogP contribution in [-0.2, 0) is 25.6 Å². The van der Waals surface area contributed by atoms with Crippen LogP contribution in [-0.4, -0.2) is 52.8 Å². The Bertz CT molecular complexity index is 920. The van der Waals surface area contributed by atoms with Crippen molar-refractivity contribution in [2.24, 2.45) is 5.92 Å². The summed E-state index contributed by atoms with van der Waals surface area (Å²) in [6.07, 6.45) is 10.7. The van der Waals surface area contributed by atoms with Crippen molar-refractivity contribution in [2.75, 3.05) is 6.61 Å². The van der Waals surface area contributed by atoms with Crippen LogP contribution in [0.25, 0.3) is 0 Å². The Morgan fingerprint density at radius 3 is 2.69 bits per heavy atom. The molecule has 3 rings (SSSR count). The lowest BCUT2D eigenvalue weighted by Crippen LogP contribution is -2.40. The number of halogens is 2. The van der Waals surface area contributed by atoms with Gasteiger partial charge in [0.15, 0.2) is 6.29 Å². The number of hydrogen-bond donors (Lipinski definition) is 2. The SMILES string of the molecule is CCCCC(F)(F)C(O)CC[C@@]1(O[C@@H]2CCCCO2)C[C@@H](C/C=C\CCCCCC(=O)OCc2ccccc2)[C@@H](O)C1. The van der Waals surface area contributed by atoms with Crippen LogP contribution in [0.1, 0.15) is 115 Å². The molecule has 2 fully saturated rings. The average molecular weight is 595 g/mol. The predicted octanol–water partition coefficient (Wildman–Crippen LogP) is 7.65. The van der Waals surface area contributed by atoms with Gasteiger partial charge in [0, 0.05) is 25.9 Å². The number of carbonyl (C=O) groups is 1. The Morgan fingerprint density at radius 1 is 1.14 bits per heavy atom. The fraction of sp³-hybridized carbons (Fsp3) is 0.735. The molecule has 0 spiro atoms. The molecule has 0 amide bonds. The second-order valence-corrected chi connectivity index (χ2v) is 12.2. The van der Waals surface area contributed by atoms with Crippen LogP contribution in [0, 0.1) is 5.92 Å². The normalized spacial score (nSPS) is 25.6. The van der Waals surface area contributed by atoms with Gasteiger partial charge in [-0.15, -0.1) is 0 Å². The molecular formula is C34H52F2O6. The zero-order valence-corrected chi connectivity index (χ0v) is 25.4. The highest BCUT2D eigenvalue weighted by atomic mass is 19.3. The molecule has 1 aromatic rings. The number of aliphatic hydroxyl groups is 2. The Labute approximate surface area is 250 Å². The Balaban J connectivity index is 1.40. The van der Waals surface area contributed by atoms with Crippen molar-refractivity contribution in [3.05, 3.63) is 48.0 Å². The number of rotatable bonds is 19. The summed E-state index contributed by atoms with van der Waals surface area (Å²) in [6.45, 7) is 2.78. The van der Waals surface area contributed by atoms with Crippen molar-refractivity contribution in [3.63, 3.8) is 0 Å². The molecule has 2 N–H and O–H groups in total. The van der Waals surface area contributed by atoms with Crippen molar-refractivity contribution in [1.29, 1.82) is 0 Å². The largest absolute Gasteiger partial charge is 0.461 e. The third kappa shape index (κ3) is 12.0. The lowest BCUT2D eigenvalue weighted by Gasteiger charge is -2.36. The first-order valence-electron chi connectivity index (χ1n) is 16.1. The van der Waals surface area contributed by atoms with Crippen molar-refractivity contribution in [3.8, 4) is 0 Å². The van der Waals surface area contributed by atoms with Crippen LogP contribution in [0.15, 0.2) is 42.5 Å². The molecule has 8 heteroatoms. The summed E-state index contributed by atoms with van der Waals surface area (Å²) in [5, 5.41) is 21.3. The van der Waals surface area contributed by atoms with Crippen LogP contribution in [0.3, 0.4) is 0 Å². The summed E-state index contributed by atoms with van der Waals surface area (Å²) in [6, 6.07) is 9.64. The van der Waals surface area contributed by atoms with Gasteiger partial charge in [-0.25, -0.2) is 8.78 Å². The topological polar surface area (TPSA) is 85.2 Å². The van der Waals surface area contributed by atoms with E-state index in [9.17, 15) is 23.8 Å². The molecule has 0 bridgehead atoms. The van der Waals surface area contributed by atoms with Crippen LogP contribution in [0.5, 0.6) is 0 Å². The summed E-state index contributed by atoms with van der Waals surface area (Å²) < 4.78 is 46.5. The summed E-state index contributed by atoms with van der Waals surface area (Å²) in [5.41, 5.74) is 0.202. The van der Waals surface area contributed by atoms with Crippen LogP contribution in [0.4, 0.5) is 8.78 Å². The minimum Gasteiger partial charge on any atom is -0.461 e. The molecule has 5 atom stereocenters. The van der Waals surface area contributed by atoms with Crippen molar-refractivity contribution in [2.45, 2.75) is 146 Å². The monoisotopic (exact) mass is 594 g/mol. The fourth-order valence-electron chi connectivity index (χ4n) is 6.03. The molecule has 2 aliphatic rings. The van der Waals surface area contributed by atoms with Crippen LogP contribution >= 0.6 is 0 Å². The van der Waals surface area contributed by atoms with E-state index in [1.165, 1.54) is 0 Å². The third-order valence-corrected chi connectivity index (χ3v) is 8.60. The third-order valence-electron chi connectivity index (χ3n) is 8.60. The average Bonchev–Trinajstić information content (AvgIpc) is 3.30. The van der Waals surface area contributed by atoms with Gasteiger partial charge in [0.1, 0.15) is 12.7 Å². The molecule has 6 nitrogen and oxygen atoms in total. The molecule has 42 heavy (non-hydrogen) atoms. The highest BCUT2D eigenvalue weighted by Gasteiger charge is 2.48. The number of unbranched alkanes of at least 4 members (excludes halogenated alkanes) is 4. The first kappa shape index (κ1) is 34.6. The molecule has 1 aliphatic carbocycles. The summed E-state index contributed by atoms with van der Waals surface area (Å²) in [7, 11) is 0. The molecule has 1 unspecified atom stereocenters. The van der Waals surface area contributed by atoms with Gasteiger partial charge < -0.3 is 24.4 Å². The number of aliphatic hydroxyl groups excluding tert-OH is 2. The highest BCUT2D eigenvalue weighted by Crippen LogP contribution is 2.45. The van der Waals surface area contributed by atoms with E-state index in [0.717, 1.165) is 50.5 Å². The molecule has 1 aromatic carbocycles. The molecule has 1 saturated carbocycles. The first-order chi connectivity index (χ1) is 20.2. The maximum Gasteiger partial charge on any atom is 0.306 e. The maximum absolute atomic E-state index is 14.5. The van der Waals surface area contributed by atoms with E-state index in [2.05, 4.69) is 12.2 Å². The summed E-state index contributed by atoms with van der Waals surface area (Å²) in [5.74, 6) is -3.34. The van der Waals surface area contributed by atoms with Crippen molar-refractivity contribution in [1.82, 2.24) is 0 Å². The fourth-order valence-corrected chi connectivity index (χ4v) is 6.03. The van der Waals surface area contributed by atoms with Gasteiger partial charge in [0.25, 0.3) is 5.92 Å². The van der Waals surface area contributed by atoms with Gasteiger partial charge in [0.05, 0.1) is 11.7 Å². The highest BCUT2D eigenvalue weighted by molar-refractivity contribution is 5.69. The molecule has 238 valence electrons. The lowest BCUT2D eigenvalue weighted by molar-refractivity contribution is -0.230. The number of alkyl halides is 2. The number of benzene rings is 1. The van der Waals surface area contributed by atoms with Gasteiger partial charge in [-0.3, -0.25) is 4.79 Å². The van der Waals surface area contributed by atoms with Crippen molar-refractivity contribution < 1.29 is 38.0 Å². The zero-order chi connectivity index (χ0) is 30.3. The standard InChI is InChI=1S/C34H52F2O6/c1-2-3-21-34(35,36)30(38)20-22-33(42-32-19-13-14-23-40-32)24-28(29(37)25-33)17-11-6-4-5-7-12-18-31(39)41-26-27-15-9-8-10-16-27/h6,8-11,15-16,28-30,32,37-38H,2-5,7,12-14,17-26H2,1H3/b11-6-/t28-,29+,30?,32-,33-/m1/s1. The van der Waals surface area contributed by atoms with E-state index in [4.69, 9.17) is 14.2 Å². The first-order valence-corrected chi connectivity index (χ1v) is 16.1. The van der Waals surface area contributed by atoms with Gasteiger partial charge in [-0.2, -0.15) is 0 Å². The summed E-state index contributed by atoms with van der Waals surface area (Å²) in [4.78, 5) is 12.0. The lowest BCUT2D eigenvalue weighted by atomic mass is 9.89. The Morgan fingerprint density at radius 2 is 1.95 bits per heavy atom. The van der Waals surface area contributed by atoms with E-state index < -0.39 is 30.0 Å². The minimum absolute atomic E-state index is 0.0398. The minimum atomic E-state index is -3.12. The number of ether oxygens (including phenoxy) is 3.